The zero-order valence-corrected chi connectivity index (χ0v) is 12.4. The van der Waals surface area contributed by atoms with Crippen molar-refractivity contribution in [2.45, 2.75) is 44.1 Å². The number of nitrogens with one attached hydrogen (secondary N) is 1. The molecule has 1 N–H and O–H groups in total. The third-order valence-corrected chi connectivity index (χ3v) is 5.07. The molecule has 2 aliphatic rings. The highest BCUT2D eigenvalue weighted by Gasteiger charge is 2.49. The maximum atomic E-state index is 14.5. The van der Waals surface area contributed by atoms with Gasteiger partial charge in [-0.15, -0.1) is 0 Å². The fourth-order valence-corrected chi connectivity index (χ4v) is 3.71. The maximum Gasteiger partial charge on any atom is 0.145 e. The fourth-order valence-electron chi connectivity index (χ4n) is 3.38. The normalized spacial score (nSPS) is 28.2. The smallest absolute Gasteiger partial charge is 0.145 e. The topological polar surface area (TPSA) is 12.0 Å². The molecule has 0 aromatic heterocycles. The SMILES string of the molecule is Fc1ccc(Br)c(F)c1C1(C2CC2)CCCCCN1. The van der Waals surface area contributed by atoms with Crippen molar-refractivity contribution in [1.29, 1.82) is 0 Å². The van der Waals surface area contributed by atoms with Crippen LogP contribution in [0.1, 0.15) is 44.1 Å². The minimum Gasteiger partial charge on any atom is -0.307 e. The van der Waals surface area contributed by atoms with Crippen LogP contribution in [0.3, 0.4) is 0 Å². The van der Waals surface area contributed by atoms with E-state index in [2.05, 4.69) is 21.2 Å². The van der Waals surface area contributed by atoms with Crippen LogP contribution in [-0.4, -0.2) is 6.54 Å². The summed E-state index contributed by atoms with van der Waals surface area (Å²) < 4.78 is 29.1. The van der Waals surface area contributed by atoms with Gasteiger partial charge in [-0.05, 0) is 66.2 Å². The van der Waals surface area contributed by atoms with E-state index in [1.54, 1.807) is 0 Å². The molecule has 3 rings (SSSR count). The first-order valence-electron chi connectivity index (χ1n) is 7.04. The van der Waals surface area contributed by atoms with Crippen molar-refractivity contribution in [3.05, 3.63) is 33.8 Å². The van der Waals surface area contributed by atoms with Gasteiger partial charge in [0.25, 0.3) is 0 Å². The average Bonchev–Trinajstić information content (AvgIpc) is 3.20. The first-order chi connectivity index (χ1) is 9.15. The third kappa shape index (κ3) is 2.33. The van der Waals surface area contributed by atoms with Crippen LogP contribution in [0.15, 0.2) is 16.6 Å². The second-order valence-electron chi connectivity index (χ2n) is 5.70. The summed E-state index contributed by atoms with van der Waals surface area (Å²) in [5.41, 5.74) is -0.236. The van der Waals surface area contributed by atoms with E-state index < -0.39 is 17.2 Å². The van der Waals surface area contributed by atoms with Gasteiger partial charge in [0.15, 0.2) is 0 Å². The van der Waals surface area contributed by atoms with Crippen LogP contribution in [0.5, 0.6) is 0 Å². The maximum absolute atomic E-state index is 14.5. The van der Waals surface area contributed by atoms with Crippen molar-refractivity contribution in [1.82, 2.24) is 5.32 Å². The lowest BCUT2D eigenvalue weighted by molar-refractivity contribution is 0.257. The highest BCUT2D eigenvalue weighted by atomic mass is 79.9. The molecular weight excluding hydrogens is 312 g/mol. The fraction of sp³-hybridized carbons (Fsp3) is 0.600. The average molecular weight is 330 g/mol. The summed E-state index contributed by atoms with van der Waals surface area (Å²) in [5.74, 6) is -0.466. The molecule has 104 valence electrons. The quantitative estimate of drug-likeness (QED) is 0.788. The van der Waals surface area contributed by atoms with Gasteiger partial charge in [-0.3, -0.25) is 0 Å². The Bertz CT molecular complexity index is 477. The molecule has 1 saturated carbocycles. The predicted octanol–water partition coefficient (Wildman–Crippen LogP) is 4.50. The van der Waals surface area contributed by atoms with E-state index in [4.69, 9.17) is 0 Å². The Morgan fingerprint density at radius 2 is 1.95 bits per heavy atom. The number of halogens is 3. The van der Waals surface area contributed by atoms with Gasteiger partial charge in [-0.1, -0.05) is 12.8 Å². The van der Waals surface area contributed by atoms with Crippen LogP contribution < -0.4 is 5.32 Å². The summed E-state index contributed by atoms with van der Waals surface area (Å²) in [6.45, 7) is 0.849. The van der Waals surface area contributed by atoms with E-state index in [1.165, 1.54) is 12.1 Å². The molecule has 1 nitrogen and oxygen atoms in total. The summed E-state index contributed by atoms with van der Waals surface area (Å²) in [5, 5.41) is 3.48. The summed E-state index contributed by atoms with van der Waals surface area (Å²) in [6.07, 6.45) is 6.23. The zero-order valence-electron chi connectivity index (χ0n) is 10.8. The Balaban J connectivity index is 2.12. The molecule has 4 heteroatoms. The molecule has 1 aliphatic carbocycles. The lowest BCUT2D eigenvalue weighted by atomic mass is 9.80. The molecular formula is C15H18BrF2N. The zero-order chi connectivity index (χ0) is 13.5. The summed E-state index contributed by atoms with van der Waals surface area (Å²) in [7, 11) is 0. The largest absolute Gasteiger partial charge is 0.307 e. The number of hydrogen-bond acceptors (Lipinski definition) is 1. The summed E-state index contributed by atoms with van der Waals surface area (Å²) >= 11 is 3.19. The monoisotopic (exact) mass is 329 g/mol. The lowest BCUT2D eigenvalue weighted by Crippen LogP contribution is -2.45. The molecule has 1 heterocycles. The minimum atomic E-state index is -0.492. The number of rotatable bonds is 2. The molecule has 2 fully saturated rings. The Morgan fingerprint density at radius 3 is 2.68 bits per heavy atom. The van der Waals surface area contributed by atoms with Crippen molar-refractivity contribution >= 4 is 15.9 Å². The van der Waals surface area contributed by atoms with Gasteiger partial charge >= 0.3 is 0 Å². The number of benzene rings is 1. The van der Waals surface area contributed by atoms with Gasteiger partial charge in [0.2, 0.25) is 0 Å². The van der Waals surface area contributed by atoms with Crippen LogP contribution in [0.2, 0.25) is 0 Å². The van der Waals surface area contributed by atoms with Crippen LogP contribution >= 0.6 is 15.9 Å². The highest BCUT2D eigenvalue weighted by molar-refractivity contribution is 9.10. The van der Waals surface area contributed by atoms with Gasteiger partial charge < -0.3 is 5.32 Å². The predicted molar refractivity (Wildman–Crippen MR) is 74.9 cm³/mol. The first kappa shape index (κ1) is 13.5. The summed E-state index contributed by atoms with van der Waals surface area (Å²) in [4.78, 5) is 0. The molecule has 0 spiro atoms. The standard InChI is InChI=1S/C15H18BrF2N/c16-11-6-7-12(17)13(14(11)18)15(10-4-5-10)8-2-1-3-9-19-15/h6-7,10,19H,1-5,8-9H2. The van der Waals surface area contributed by atoms with Gasteiger partial charge in [0, 0.05) is 5.56 Å². The van der Waals surface area contributed by atoms with E-state index in [9.17, 15) is 8.78 Å². The van der Waals surface area contributed by atoms with E-state index in [0.717, 1.165) is 45.1 Å². The Labute approximate surface area is 120 Å². The van der Waals surface area contributed by atoms with Gasteiger partial charge in [0.05, 0.1) is 10.0 Å². The van der Waals surface area contributed by atoms with Gasteiger partial charge in [-0.25, -0.2) is 8.78 Å². The molecule has 1 unspecified atom stereocenters. The van der Waals surface area contributed by atoms with E-state index in [1.807, 2.05) is 0 Å². The van der Waals surface area contributed by atoms with E-state index >= 15 is 0 Å². The molecule has 0 amide bonds. The Kier molecular flexibility index (Phi) is 3.65. The van der Waals surface area contributed by atoms with Crippen LogP contribution in [0.4, 0.5) is 8.78 Å². The first-order valence-corrected chi connectivity index (χ1v) is 7.83. The molecule has 0 radical (unpaired) electrons. The molecule has 1 aliphatic heterocycles. The van der Waals surface area contributed by atoms with Gasteiger partial charge in [0.1, 0.15) is 11.6 Å². The summed E-state index contributed by atoms with van der Waals surface area (Å²) in [6, 6.07) is 2.82. The lowest BCUT2D eigenvalue weighted by Gasteiger charge is -2.35. The third-order valence-electron chi connectivity index (χ3n) is 4.45. The molecule has 19 heavy (non-hydrogen) atoms. The minimum absolute atomic E-state index is 0.256. The molecule has 0 bridgehead atoms. The van der Waals surface area contributed by atoms with E-state index in [-0.39, 0.29) is 5.56 Å². The highest BCUT2D eigenvalue weighted by Crippen LogP contribution is 2.51. The molecule has 1 aromatic rings. The van der Waals surface area contributed by atoms with Crippen molar-refractivity contribution < 1.29 is 8.78 Å². The van der Waals surface area contributed by atoms with Crippen molar-refractivity contribution in [2.75, 3.05) is 6.54 Å². The van der Waals surface area contributed by atoms with Crippen LogP contribution in [-0.2, 0) is 5.54 Å². The molecule has 1 saturated heterocycles. The van der Waals surface area contributed by atoms with Crippen molar-refractivity contribution in [2.24, 2.45) is 5.92 Å². The van der Waals surface area contributed by atoms with Crippen LogP contribution in [0.25, 0.3) is 0 Å². The molecule has 1 atom stereocenters. The van der Waals surface area contributed by atoms with Crippen molar-refractivity contribution in [3.8, 4) is 0 Å². The van der Waals surface area contributed by atoms with E-state index in [0.29, 0.717) is 10.4 Å². The number of hydrogen-bond donors (Lipinski definition) is 1. The van der Waals surface area contributed by atoms with Gasteiger partial charge in [-0.2, -0.15) is 0 Å². The molecule has 1 aromatic carbocycles. The van der Waals surface area contributed by atoms with Crippen molar-refractivity contribution in [3.63, 3.8) is 0 Å². The second kappa shape index (κ2) is 5.13. The Morgan fingerprint density at radius 1 is 1.16 bits per heavy atom. The Hall–Kier alpha value is -0.480. The van der Waals surface area contributed by atoms with Crippen LogP contribution in [0, 0.1) is 17.6 Å². The second-order valence-corrected chi connectivity index (χ2v) is 6.56.